The lowest BCUT2D eigenvalue weighted by molar-refractivity contribution is 0.0772. The molecule has 0 bridgehead atoms. The molecule has 2 unspecified atom stereocenters. The number of amides is 2. The van der Waals surface area contributed by atoms with Gasteiger partial charge >= 0.3 is 6.09 Å². The Kier molecular flexibility index (Phi) is 7.58. The number of ether oxygens (including phenoxy) is 1. The summed E-state index contributed by atoms with van der Waals surface area (Å²) in [6.07, 6.45) is 2.02. The minimum atomic E-state index is -0.462. The Morgan fingerprint density at radius 2 is 1.73 bits per heavy atom. The minimum Gasteiger partial charge on any atom is -0.399 e. The number of carbonyl (C=O) groups is 2. The Hall–Kier alpha value is -3.23. The van der Waals surface area contributed by atoms with Crippen molar-refractivity contribution < 1.29 is 14.3 Å². The zero-order chi connectivity index (χ0) is 25.9. The number of rotatable bonds is 7. The van der Waals surface area contributed by atoms with E-state index < -0.39 is 6.09 Å². The highest BCUT2D eigenvalue weighted by Crippen LogP contribution is 2.33. The third-order valence-electron chi connectivity index (χ3n) is 7.52. The summed E-state index contributed by atoms with van der Waals surface area (Å²) < 4.78 is 5.50. The maximum absolute atomic E-state index is 13.3. The van der Waals surface area contributed by atoms with Gasteiger partial charge in [0.05, 0.1) is 11.7 Å². The summed E-state index contributed by atoms with van der Waals surface area (Å²) in [5.41, 5.74) is 3.77. The van der Waals surface area contributed by atoms with E-state index in [0.29, 0.717) is 16.9 Å². The Balaban J connectivity index is 1.16. The average molecular weight is 519 g/mol. The average Bonchev–Trinajstić information content (AvgIpc) is 3.57. The molecule has 2 aliphatic heterocycles. The normalized spacial score (nSPS) is 20.0. The van der Waals surface area contributed by atoms with Gasteiger partial charge in [-0.25, -0.2) is 4.79 Å². The Morgan fingerprint density at radius 1 is 1.00 bits per heavy atom. The number of likely N-dealkylation sites (tertiary alicyclic amines) is 2. The van der Waals surface area contributed by atoms with Gasteiger partial charge in [0, 0.05) is 49.4 Å². The third-order valence-corrected chi connectivity index (χ3v) is 8.40. The number of nitrogens with one attached hydrogen (secondary N) is 1. The molecule has 5 rings (SSSR count). The van der Waals surface area contributed by atoms with E-state index in [1.54, 1.807) is 6.20 Å². The third kappa shape index (κ3) is 5.86. The summed E-state index contributed by atoms with van der Waals surface area (Å²) in [4.78, 5) is 36.0. The molecule has 194 valence electrons. The molecule has 7 nitrogen and oxygen atoms in total. The Bertz CT molecular complexity index is 1230. The lowest BCUT2D eigenvalue weighted by Gasteiger charge is -2.24. The second-order valence-corrected chi connectivity index (χ2v) is 11.5. The standard InChI is InChI=1S/C29H34N4O3S/c1-19-7-6-8-20(2)27(19)28(34)33-17-22-15-32(16-23(22)18-33)14-12-25(24-9-4-5-13-30-24)31-29(35)36-26-11-10-21(3)37-26/h4-11,13,22-23,25H,12,14-18H2,1-3H3,(H,31,35)/t22-,23?,25?/m0/s1. The van der Waals surface area contributed by atoms with Crippen LogP contribution in [0.1, 0.15) is 44.5 Å². The van der Waals surface area contributed by atoms with Crippen LogP contribution in [0, 0.1) is 32.6 Å². The van der Waals surface area contributed by atoms with E-state index in [1.807, 2.05) is 74.2 Å². The van der Waals surface area contributed by atoms with Crippen molar-refractivity contribution >= 4 is 23.3 Å². The SMILES string of the molecule is Cc1ccc(OC(=O)NC(CCN2CC3CN(C(=O)c4c(C)cccc4C)C[C@@H]3C2)c2ccccn2)s1. The minimum absolute atomic E-state index is 0.162. The molecule has 0 radical (unpaired) electrons. The first kappa shape index (κ1) is 25.4. The van der Waals surface area contributed by atoms with Crippen LogP contribution in [0.25, 0.3) is 0 Å². The second kappa shape index (κ2) is 11.0. The highest BCUT2D eigenvalue weighted by molar-refractivity contribution is 7.13. The predicted octanol–water partition coefficient (Wildman–Crippen LogP) is 4.99. The maximum atomic E-state index is 13.3. The van der Waals surface area contributed by atoms with Crippen molar-refractivity contribution in [3.05, 3.63) is 82.0 Å². The van der Waals surface area contributed by atoms with E-state index in [-0.39, 0.29) is 11.9 Å². The van der Waals surface area contributed by atoms with Crippen LogP contribution in [0.2, 0.25) is 0 Å². The topological polar surface area (TPSA) is 74.8 Å². The molecule has 8 heteroatoms. The summed E-state index contributed by atoms with van der Waals surface area (Å²) in [7, 11) is 0. The van der Waals surface area contributed by atoms with Crippen molar-refractivity contribution in [2.24, 2.45) is 11.8 Å². The predicted molar refractivity (Wildman–Crippen MR) is 145 cm³/mol. The van der Waals surface area contributed by atoms with Gasteiger partial charge in [0.25, 0.3) is 5.91 Å². The summed E-state index contributed by atoms with van der Waals surface area (Å²) in [5, 5.41) is 3.60. The fourth-order valence-electron chi connectivity index (χ4n) is 5.67. The van der Waals surface area contributed by atoms with Crippen LogP contribution in [0.15, 0.2) is 54.7 Å². The molecule has 2 aliphatic rings. The number of hydrogen-bond donors (Lipinski definition) is 1. The van der Waals surface area contributed by atoms with Crippen molar-refractivity contribution in [3.8, 4) is 5.06 Å². The monoisotopic (exact) mass is 518 g/mol. The van der Waals surface area contributed by atoms with Gasteiger partial charge in [0.2, 0.25) is 0 Å². The molecule has 0 spiro atoms. The van der Waals surface area contributed by atoms with Crippen molar-refractivity contribution in [1.29, 1.82) is 0 Å². The quantitative estimate of drug-likeness (QED) is 0.477. The fraction of sp³-hybridized carbons (Fsp3) is 0.414. The number of hydrogen-bond acceptors (Lipinski definition) is 6. The van der Waals surface area contributed by atoms with Gasteiger partial charge in [-0.2, -0.15) is 0 Å². The molecule has 0 aliphatic carbocycles. The first-order valence-corrected chi connectivity index (χ1v) is 13.7. The Labute approximate surface area is 222 Å². The largest absolute Gasteiger partial charge is 0.413 e. The summed E-state index contributed by atoms with van der Waals surface area (Å²) in [5.74, 6) is 1.14. The van der Waals surface area contributed by atoms with Crippen LogP contribution < -0.4 is 10.1 Å². The van der Waals surface area contributed by atoms with Crippen LogP contribution in [0.5, 0.6) is 5.06 Å². The molecular weight excluding hydrogens is 484 g/mol. The number of nitrogens with zero attached hydrogens (tertiary/aromatic N) is 3. The van der Waals surface area contributed by atoms with Crippen LogP contribution in [-0.4, -0.2) is 59.5 Å². The fourth-order valence-corrected chi connectivity index (χ4v) is 6.37. The number of carbonyl (C=O) groups excluding carboxylic acids is 2. The van der Waals surface area contributed by atoms with Gasteiger partial charge in [-0.15, -0.1) is 11.3 Å². The van der Waals surface area contributed by atoms with Crippen molar-refractivity contribution in [2.45, 2.75) is 33.2 Å². The number of thiophene rings is 1. The first-order valence-electron chi connectivity index (χ1n) is 12.9. The number of pyridine rings is 1. The molecule has 4 heterocycles. The molecule has 1 N–H and O–H groups in total. The molecule has 2 aromatic heterocycles. The maximum Gasteiger partial charge on any atom is 0.413 e. The van der Waals surface area contributed by atoms with Gasteiger partial charge in [-0.1, -0.05) is 24.3 Å². The summed E-state index contributed by atoms with van der Waals surface area (Å²) in [6, 6.07) is 15.3. The zero-order valence-electron chi connectivity index (χ0n) is 21.6. The number of benzene rings is 1. The van der Waals surface area contributed by atoms with E-state index in [9.17, 15) is 9.59 Å². The molecule has 2 fully saturated rings. The highest BCUT2D eigenvalue weighted by atomic mass is 32.1. The van der Waals surface area contributed by atoms with Crippen LogP contribution in [0.3, 0.4) is 0 Å². The van der Waals surface area contributed by atoms with E-state index in [2.05, 4.69) is 15.2 Å². The molecule has 0 saturated carbocycles. The van der Waals surface area contributed by atoms with Crippen molar-refractivity contribution in [2.75, 3.05) is 32.7 Å². The summed E-state index contributed by atoms with van der Waals surface area (Å²) in [6.45, 7) is 10.4. The van der Waals surface area contributed by atoms with Gasteiger partial charge in [0.15, 0.2) is 5.06 Å². The van der Waals surface area contributed by atoms with Crippen molar-refractivity contribution in [1.82, 2.24) is 20.1 Å². The lowest BCUT2D eigenvalue weighted by atomic mass is 10.0. The van der Waals surface area contributed by atoms with Crippen molar-refractivity contribution in [3.63, 3.8) is 0 Å². The number of fused-ring (bicyclic) bond motifs is 1. The molecule has 3 atom stereocenters. The molecule has 1 aromatic carbocycles. The van der Waals surface area contributed by atoms with Gasteiger partial charge in [0.1, 0.15) is 0 Å². The molecule has 2 saturated heterocycles. The van der Waals surface area contributed by atoms with Crippen LogP contribution in [-0.2, 0) is 0 Å². The molecule has 3 aromatic rings. The van der Waals surface area contributed by atoms with Gasteiger partial charge < -0.3 is 19.9 Å². The highest BCUT2D eigenvalue weighted by Gasteiger charge is 2.42. The molecule has 2 amide bonds. The smallest absolute Gasteiger partial charge is 0.399 e. The zero-order valence-corrected chi connectivity index (χ0v) is 22.5. The molecular formula is C29H34N4O3S. The first-order chi connectivity index (χ1) is 17.9. The Morgan fingerprint density at radius 3 is 2.35 bits per heavy atom. The van der Waals surface area contributed by atoms with Crippen LogP contribution >= 0.6 is 11.3 Å². The number of aromatic nitrogens is 1. The molecule has 37 heavy (non-hydrogen) atoms. The second-order valence-electron chi connectivity index (χ2n) is 10.3. The summed E-state index contributed by atoms with van der Waals surface area (Å²) >= 11 is 1.45. The van der Waals surface area contributed by atoms with E-state index in [4.69, 9.17) is 4.74 Å². The van der Waals surface area contributed by atoms with E-state index in [1.165, 1.54) is 11.3 Å². The van der Waals surface area contributed by atoms with E-state index >= 15 is 0 Å². The van der Waals surface area contributed by atoms with Crippen LogP contribution in [0.4, 0.5) is 4.79 Å². The van der Waals surface area contributed by atoms with Gasteiger partial charge in [-0.05, 0) is 74.4 Å². The number of aryl methyl sites for hydroxylation is 3. The lowest BCUT2D eigenvalue weighted by Crippen LogP contribution is -2.36. The van der Waals surface area contributed by atoms with E-state index in [0.717, 1.165) is 66.4 Å². The van der Waals surface area contributed by atoms with Gasteiger partial charge in [-0.3, -0.25) is 9.78 Å².